The Morgan fingerprint density at radius 2 is 2.29 bits per heavy atom. The third-order valence-corrected chi connectivity index (χ3v) is 3.56. The molecule has 0 aromatic heterocycles. The van der Waals surface area contributed by atoms with Gasteiger partial charge in [-0.05, 0) is 36.1 Å². The standard InChI is InChI=1S/C15H17NO5/c1-3-8-21-14(19)16-15(13(17)18)7-6-10-4-5-11(20-2)9-12(10)15/h3-5,9H,1,6-8H2,2H3,(H,16,19)(H,17,18). The quantitative estimate of drug-likeness (QED) is 0.808. The first-order valence-corrected chi connectivity index (χ1v) is 6.50. The lowest BCUT2D eigenvalue weighted by Crippen LogP contribution is -2.50. The molecule has 2 N–H and O–H groups in total. The third-order valence-electron chi connectivity index (χ3n) is 3.56. The Hall–Kier alpha value is -2.50. The highest BCUT2D eigenvalue weighted by Crippen LogP contribution is 2.39. The van der Waals surface area contributed by atoms with E-state index in [1.807, 2.05) is 6.07 Å². The van der Waals surface area contributed by atoms with Crippen molar-refractivity contribution in [3.63, 3.8) is 0 Å². The first-order valence-electron chi connectivity index (χ1n) is 6.50. The molecule has 1 amide bonds. The van der Waals surface area contributed by atoms with Gasteiger partial charge in [-0.2, -0.15) is 0 Å². The van der Waals surface area contributed by atoms with Gasteiger partial charge in [0, 0.05) is 0 Å². The Morgan fingerprint density at radius 3 is 2.90 bits per heavy atom. The molecule has 1 atom stereocenters. The molecule has 0 fully saturated rings. The normalized spacial score (nSPS) is 19.5. The molecule has 0 saturated heterocycles. The van der Waals surface area contributed by atoms with Crippen molar-refractivity contribution in [3.8, 4) is 5.75 Å². The van der Waals surface area contributed by atoms with E-state index in [0.29, 0.717) is 17.7 Å². The van der Waals surface area contributed by atoms with Crippen LogP contribution in [-0.4, -0.2) is 30.9 Å². The maximum Gasteiger partial charge on any atom is 0.408 e. The lowest BCUT2D eigenvalue weighted by molar-refractivity contribution is -0.145. The highest BCUT2D eigenvalue weighted by Gasteiger charge is 2.47. The maximum atomic E-state index is 11.8. The monoisotopic (exact) mass is 291 g/mol. The van der Waals surface area contributed by atoms with Crippen LogP contribution in [0.2, 0.25) is 0 Å². The van der Waals surface area contributed by atoms with Gasteiger partial charge < -0.3 is 19.9 Å². The van der Waals surface area contributed by atoms with E-state index in [0.717, 1.165) is 5.56 Å². The van der Waals surface area contributed by atoms with Gasteiger partial charge in [-0.15, -0.1) is 0 Å². The van der Waals surface area contributed by atoms with Crippen LogP contribution in [0.4, 0.5) is 4.79 Å². The fraction of sp³-hybridized carbons (Fsp3) is 0.333. The SMILES string of the molecule is C=CCOC(=O)NC1(C(=O)O)CCc2ccc(OC)cc21. The van der Waals surface area contributed by atoms with E-state index < -0.39 is 17.6 Å². The molecule has 112 valence electrons. The lowest BCUT2D eigenvalue weighted by atomic mass is 9.92. The number of carboxylic acids is 1. The number of aryl methyl sites for hydroxylation is 1. The number of ether oxygens (including phenoxy) is 2. The summed E-state index contributed by atoms with van der Waals surface area (Å²) in [5.41, 5.74) is -0.0746. The van der Waals surface area contributed by atoms with Crippen molar-refractivity contribution in [2.45, 2.75) is 18.4 Å². The summed E-state index contributed by atoms with van der Waals surface area (Å²) in [6, 6.07) is 5.23. The van der Waals surface area contributed by atoms with Gasteiger partial charge >= 0.3 is 12.1 Å². The predicted molar refractivity (Wildman–Crippen MR) is 75.3 cm³/mol. The van der Waals surface area contributed by atoms with Gasteiger partial charge in [0.1, 0.15) is 12.4 Å². The van der Waals surface area contributed by atoms with Gasteiger partial charge in [-0.1, -0.05) is 18.7 Å². The van der Waals surface area contributed by atoms with Crippen LogP contribution in [-0.2, 0) is 21.5 Å². The molecule has 0 bridgehead atoms. The zero-order chi connectivity index (χ0) is 15.5. The number of methoxy groups -OCH3 is 1. The number of amides is 1. The highest BCUT2D eigenvalue weighted by atomic mass is 16.5. The summed E-state index contributed by atoms with van der Waals surface area (Å²) in [6.07, 6.45) is 1.47. The summed E-state index contributed by atoms with van der Waals surface area (Å²) in [6.45, 7) is 3.46. The summed E-state index contributed by atoms with van der Waals surface area (Å²) >= 11 is 0. The van der Waals surface area contributed by atoms with Crippen molar-refractivity contribution in [1.82, 2.24) is 5.32 Å². The molecule has 0 heterocycles. The molecule has 0 saturated carbocycles. The first kappa shape index (κ1) is 14.9. The second-order valence-corrected chi connectivity index (χ2v) is 4.75. The van der Waals surface area contributed by atoms with E-state index >= 15 is 0 Å². The van der Waals surface area contributed by atoms with E-state index in [1.165, 1.54) is 13.2 Å². The average Bonchev–Trinajstić information content (AvgIpc) is 2.84. The second-order valence-electron chi connectivity index (χ2n) is 4.75. The van der Waals surface area contributed by atoms with Crippen molar-refractivity contribution in [1.29, 1.82) is 0 Å². The third kappa shape index (κ3) is 2.69. The molecule has 1 aliphatic rings. The van der Waals surface area contributed by atoms with E-state index in [-0.39, 0.29) is 13.0 Å². The summed E-state index contributed by atoms with van der Waals surface area (Å²) in [5.74, 6) is -0.576. The molecular formula is C15H17NO5. The minimum absolute atomic E-state index is 0.0203. The van der Waals surface area contributed by atoms with Crippen molar-refractivity contribution in [3.05, 3.63) is 42.0 Å². The van der Waals surface area contributed by atoms with Crippen LogP contribution >= 0.6 is 0 Å². The fourth-order valence-corrected chi connectivity index (χ4v) is 2.51. The van der Waals surface area contributed by atoms with Crippen LogP contribution in [0.3, 0.4) is 0 Å². The minimum atomic E-state index is -1.48. The van der Waals surface area contributed by atoms with Gasteiger partial charge in [-0.3, -0.25) is 0 Å². The number of hydrogen-bond donors (Lipinski definition) is 2. The second kappa shape index (κ2) is 5.87. The number of hydrogen-bond acceptors (Lipinski definition) is 4. The highest BCUT2D eigenvalue weighted by molar-refractivity contribution is 5.87. The van der Waals surface area contributed by atoms with Crippen LogP contribution < -0.4 is 10.1 Å². The smallest absolute Gasteiger partial charge is 0.408 e. The summed E-state index contributed by atoms with van der Waals surface area (Å²) in [4.78, 5) is 23.5. The predicted octanol–water partition coefficient (Wildman–Crippen LogP) is 1.83. The molecule has 1 aromatic rings. The molecular weight excluding hydrogens is 274 g/mol. The number of nitrogens with one attached hydrogen (secondary N) is 1. The molecule has 1 unspecified atom stereocenters. The van der Waals surface area contributed by atoms with Crippen molar-refractivity contribution in [2.24, 2.45) is 0 Å². The van der Waals surface area contributed by atoms with Crippen LogP contribution in [0.15, 0.2) is 30.9 Å². The van der Waals surface area contributed by atoms with Crippen LogP contribution in [0.1, 0.15) is 17.5 Å². The zero-order valence-corrected chi connectivity index (χ0v) is 11.7. The zero-order valence-electron chi connectivity index (χ0n) is 11.7. The fourth-order valence-electron chi connectivity index (χ4n) is 2.51. The molecule has 1 aromatic carbocycles. The maximum absolute atomic E-state index is 11.8. The van der Waals surface area contributed by atoms with Crippen LogP contribution in [0.25, 0.3) is 0 Å². The Bertz CT molecular complexity index is 583. The Labute approximate surface area is 122 Å². The van der Waals surface area contributed by atoms with Crippen LogP contribution in [0, 0.1) is 0 Å². The van der Waals surface area contributed by atoms with Crippen molar-refractivity contribution in [2.75, 3.05) is 13.7 Å². The molecule has 2 rings (SSSR count). The van der Waals surface area contributed by atoms with Crippen LogP contribution in [0.5, 0.6) is 5.75 Å². The number of alkyl carbamates (subject to hydrolysis) is 1. The molecule has 6 heteroatoms. The number of carboxylic acid groups (broad SMARTS) is 1. The Balaban J connectivity index is 2.36. The van der Waals surface area contributed by atoms with E-state index in [9.17, 15) is 14.7 Å². The molecule has 21 heavy (non-hydrogen) atoms. The van der Waals surface area contributed by atoms with Gasteiger partial charge in [0.2, 0.25) is 0 Å². The van der Waals surface area contributed by atoms with Gasteiger partial charge in [0.05, 0.1) is 7.11 Å². The first-order chi connectivity index (χ1) is 10.0. The molecule has 0 spiro atoms. The Morgan fingerprint density at radius 1 is 1.52 bits per heavy atom. The Kier molecular flexibility index (Phi) is 4.16. The lowest BCUT2D eigenvalue weighted by Gasteiger charge is -2.26. The number of carbonyl (C=O) groups excluding carboxylic acids is 1. The van der Waals surface area contributed by atoms with E-state index in [1.54, 1.807) is 12.1 Å². The number of rotatable bonds is 5. The largest absolute Gasteiger partial charge is 0.497 e. The number of fused-ring (bicyclic) bond motifs is 1. The van der Waals surface area contributed by atoms with E-state index in [2.05, 4.69) is 11.9 Å². The van der Waals surface area contributed by atoms with E-state index in [4.69, 9.17) is 9.47 Å². The molecule has 6 nitrogen and oxygen atoms in total. The number of carbonyl (C=O) groups is 2. The molecule has 1 aliphatic carbocycles. The number of aliphatic carboxylic acids is 1. The van der Waals surface area contributed by atoms with Crippen molar-refractivity contribution < 1.29 is 24.2 Å². The summed E-state index contributed by atoms with van der Waals surface area (Å²) in [7, 11) is 1.50. The number of benzene rings is 1. The van der Waals surface area contributed by atoms with Crippen molar-refractivity contribution >= 4 is 12.1 Å². The topological polar surface area (TPSA) is 84.9 Å². The van der Waals surface area contributed by atoms with Gasteiger partial charge in [0.15, 0.2) is 5.54 Å². The van der Waals surface area contributed by atoms with Gasteiger partial charge in [0.25, 0.3) is 0 Å². The minimum Gasteiger partial charge on any atom is -0.497 e. The summed E-state index contributed by atoms with van der Waals surface area (Å²) < 4.78 is 9.97. The molecule has 0 aliphatic heterocycles. The molecule has 0 radical (unpaired) electrons. The van der Waals surface area contributed by atoms with Gasteiger partial charge in [-0.25, -0.2) is 9.59 Å². The average molecular weight is 291 g/mol. The summed E-state index contributed by atoms with van der Waals surface area (Å²) in [5, 5.41) is 12.1.